The van der Waals surface area contributed by atoms with Crippen LogP contribution in [-0.4, -0.2) is 46.2 Å². The number of hydrogen-bond acceptors (Lipinski definition) is 2. The van der Waals surface area contributed by atoms with Crippen molar-refractivity contribution >= 4 is 22.7 Å². The van der Waals surface area contributed by atoms with E-state index in [1.807, 2.05) is 42.2 Å². The molecule has 0 aliphatic carbocycles. The monoisotopic (exact) mass is 491 g/mol. The molecule has 0 radical (unpaired) electrons. The van der Waals surface area contributed by atoms with Crippen LogP contribution >= 0.6 is 0 Å². The van der Waals surface area contributed by atoms with Crippen molar-refractivity contribution in [2.75, 3.05) is 19.6 Å². The van der Waals surface area contributed by atoms with E-state index in [0.29, 0.717) is 13.1 Å². The SMILES string of the molecule is CCc1ccc([C@H]2CN3C(=O)CN(CCCc4ccccc4)C(=O)[C@]3(C)c3[nH]c4ccccc4c32)cc1. The first-order valence-electron chi connectivity index (χ1n) is 13.3. The molecule has 0 bridgehead atoms. The van der Waals surface area contributed by atoms with Crippen LogP contribution in [0, 0.1) is 0 Å². The summed E-state index contributed by atoms with van der Waals surface area (Å²) in [5.74, 6) is 0.0283. The summed E-state index contributed by atoms with van der Waals surface area (Å²) in [4.78, 5) is 35.0. The fourth-order valence-corrected chi connectivity index (χ4v) is 6.26. The Morgan fingerprint density at radius 2 is 1.65 bits per heavy atom. The predicted octanol–water partition coefficient (Wildman–Crippen LogP) is 5.39. The molecule has 0 saturated carbocycles. The van der Waals surface area contributed by atoms with Crippen LogP contribution in [0.5, 0.6) is 0 Å². The molecule has 2 aliphatic rings. The molecular formula is C32H33N3O2. The van der Waals surface area contributed by atoms with Crippen molar-refractivity contribution in [1.29, 1.82) is 0 Å². The molecule has 0 spiro atoms. The van der Waals surface area contributed by atoms with Gasteiger partial charge in [-0.05, 0) is 54.5 Å². The van der Waals surface area contributed by atoms with Gasteiger partial charge in [-0.15, -0.1) is 0 Å². The molecule has 5 nitrogen and oxygen atoms in total. The van der Waals surface area contributed by atoms with E-state index in [0.717, 1.165) is 41.4 Å². The van der Waals surface area contributed by atoms with Gasteiger partial charge >= 0.3 is 0 Å². The van der Waals surface area contributed by atoms with Gasteiger partial charge in [0.1, 0.15) is 0 Å². The minimum atomic E-state index is -1.05. The molecule has 3 aromatic carbocycles. The van der Waals surface area contributed by atoms with Crippen LogP contribution in [0.15, 0.2) is 78.9 Å². The van der Waals surface area contributed by atoms with Crippen molar-refractivity contribution in [1.82, 2.24) is 14.8 Å². The summed E-state index contributed by atoms with van der Waals surface area (Å²) < 4.78 is 0. The number of amides is 2. The van der Waals surface area contributed by atoms with Crippen LogP contribution in [0.2, 0.25) is 0 Å². The molecule has 4 aromatic rings. The van der Waals surface area contributed by atoms with Crippen molar-refractivity contribution in [3.63, 3.8) is 0 Å². The zero-order chi connectivity index (χ0) is 25.6. The summed E-state index contributed by atoms with van der Waals surface area (Å²) >= 11 is 0. The average Bonchev–Trinajstić information content (AvgIpc) is 3.33. The highest BCUT2D eigenvalue weighted by Gasteiger charge is 2.56. The van der Waals surface area contributed by atoms with Crippen molar-refractivity contribution < 1.29 is 9.59 Å². The number of fused-ring (bicyclic) bond motifs is 5. The number of hydrogen-bond donors (Lipinski definition) is 1. The summed E-state index contributed by atoms with van der Waals surface area (Å²) in [5, 5.41) is 1.13. The molecule has 2 amide bonds. The largest absolute Gasteiger partial charge is 0.356 e. The van der Waals surface area contributed by atoms with Gasteiger partial charge in [-0.1, -0.05) is 79.7 Å². The second-order valence-corrected chi connectivity index (χ2v) is 10.5. The van der Waals surface area contributed by atoms with E-state index < -0.39 is 5.54 Å². The Morgan fingerprint density at radius 1 is 0.919 bits per heavy atom. The Labute approximate surface area is 218 Å². The highest BCUT2D eigenvalue weighted by Crippen LogP contribution is 2.48. The number of benzene rings is 3. The number of aryl methyl sites for hydroxylation is 2. The van der Waals surface area contributed by atoms with E-state index in [1.54, 1.807) is 4.90 Å². The van der Waals surface area contributed by atoms with Gasteiger partial charge < -0.3 is 14.8 Å². The Morgan fingerprint density at radius 3 is 2.41 bits per heavy atom. The van der Waals surface area contributed by atoms with E-state index in [9.17, 15) is 9.59 Å². The Balaban J connectivity index is 1.39. The zero-order valence-corrected chi connectivity index (χ0v) is 21.5. The molecule has 1 fully saturated rings. The number of aromatic nitrogens is 1. The van der Waals surface area contributed by atoms with Gasteiger partial charge in [0.25, 0.3) is 5.91 Å². The van der Waals surface area contributed by atoms with Crippen LogP contribution in [-0.2, 0) is 28.0 Å². The van der Waals surface area contributed by atoms with Gasteiger partial charge in [0.2, 0.25) is 5.91 Å². The highest BCUT2D eigenvalue weighted by molar-refractivity contribution is 6.01. The van der Waals surface area contributed by atoms with Crippen molar-refractivity contribution in [2.24, 2.45) is 0 Å². The Kier molecular flexibility index (Phi) is 5.86. The number of piperazine rings is 1. The number of nitrogens with zero attached hydrogens (tertiary/aromatic N) is 2. The summed E-state index contributed by atoms with van der Waals surface area (Å²) in [7, 11) is 0. The van der Waals surface area contributed by atoms with Crippen molar-refractivity contribution in [3.8, 4) is 0 Å². The second-order valence-electron chi connectivity index (χ2n) is 10.5. The Hall–Kier alpha value is -3.86. The van der Waals surface area contributed by atoms with E-state index in [2.05, 4.69) is 60.4 Å². The first-order chi connectivity index (χ1) is 18.0. The van der Waals surface area contributed by atoms with E-state index in [-0.39, 0.29) is 24.3 Å². The van der Waals surface area contributed by atoms with E-state index in [1.165, 1.54) is 16.7 Å². The zero-order valence-electron chi connectivity index (χ0n) is 21.5. The highest BCUT2D eigenvalue weighted by atomic mass is 16.2. The number of rotatable bonds is 6. The first-order valence-corrected chi connectivity index (χ1v) is 13.3. The standard InChI is InChI=1S/C32H33N3O2/c1-3-22-15-17-24(18-16-22)26-20-35-28(36)21-34(19-9-12-23-10-5-4-6-11-23)31(37)32(35,2)30-29(26)25-13-7-8-14-27(25)33-30/h4-8,10-11,13-18,26,33H,3,9,12,19-21H2,1-2H3/t26-,32+/m1/s1. The molecule has 5 heteroatoms. The van der Waals surface area contributed by atoms with Crippen molar-refractivity contribution in [2.45, 2.75) is 44.6 Å². The number of para-hydroxylation sites is 1. The summed E-state index contributed by atoms with van der Waals surface area (Å²) in [6.45, 7) is 5.30. The molecule has 6 rings (SSSR count). The van der Waals surface area contributed by atoms with Gasteiger partial charge in [-0.25, -0.2) is 0 Å². The molecule has 2 atom stereocenters. The lowest BCUT2D eigenvalue weighted by Gasteiger charge is -2.51. The van der Waals surface area contributed by atoms with Gasteiger partial charge in [-0.2, -0.15) is 0 Å². The maximum atomic E-state index is 14.1. The van der Waals surface area contributed by atoms with Crippen LogP contribution in [0.25, 0.3) is 10.9 Å². The van der Waals surface area contributed by atoms with Crippen LogP contribution in [0.3, 0.4) is 0 Å². The molecule has 0 unspecified atom stereocenters. The number of H-pyrrole nitrogens is 1. The van der Waals surface area contributed by atoms with Gasteiger partial charge in [0.05, 0.1) is 12.2 Å². The molecule has 3 heterocycles. The third kappa shape index (κ3) is 3.85. The van der Waals surface area contributed by atoms with E-state index >= 15 is 0 Å². The molecule has 1 aromatic heterocycles. The number of carbonyl (C=O) groups is 2. The van der Waals surface area contributed by atoms with Crippen LogP contribution < -0.4 is 0 Å². The summed E-state index contributed by atoms with van der Waals surface area (Å²) in [5.41, 5.74) is 5.68. The van der Waals surface area contributed by atoms with Gasteiger partial charge in [0.15, 0.2) is 5.54 Å². The second kappa shape index (κ2) is 9.22. The number of aromatic amines is 1. The minimum absolute atomic E-state index is 0.00603. The van der Waals surface area contributed by atoms with E-state index in [4.69, 9.17) is 0 Å². The van der Waals surface area contributed by atoms with Gasteiger partial charge in [0, 0.05) is 29.9 Å². The molecular weight excluding hydrogens is 458 g/mol. The Bertz CT molecular complexity index is 1460. The van der Waals surface area contributed by atoms with Crippen LogP contribution in [0.1, 0.15) is 54.1 Å². The number of carbonyl (C=O) groups excluding carboxylic acids is 2. The minimum Gasteiger partial charge on any atom is -0.356 e. The molecule has 188 valence electrons. The lowest BCUT2D eigenvalue weighted by Crippen LogP contribution is -2.67. The average molecular weight is 492 g/mol. The third-order valence-corrected chi connectivity index (χ3v) is 8.34. The smallest absolute Gasteiger partial charge is 0.254 e. The quantitative estimate of drug-likeness (QED) is 0.393. The molecule has 1 N–H and O–H groups in total. The normalized spacial score (nSPS) is 21.3. The lowest BCUT2D eigenvalue weighted by atomic mass is 9.76. The fraction of sp³-hybridized carbons (Fsp3) is 0.312. The number of nitrogens with one attached hydrogen (secondary N) is 1. The lowest BCUT2D eigenvalue weighted by molar-refractivity contribution is -0.166. The molecule has 37 heavy (non-hydrogen) atoms. The maximum absolute atomic E-state index is 14.1. The van der Waals surface area contributed by atoms with Gasteiger partial charge in [-0.3, -0.25) is 9.59 Å². The maximum Gasteiger partial charge on any atom is 0.254 e. The molecule has 1 saturated heterocycles. The first kappa shape index (κ1) is 23.5. The summed E-state index contributed by atoms with van der Waals surface area (Å²) in [6, 6.07) is 27.3. The molecule has 2 aliphatic heterocycles. The fourth-order valence-electron chi connectivity index (χ4n) is 6.26. The predicted molar refractivity (Wildman–Crippen MR) is 146 cm³/mol. The third-order valence-electron chi connectivity index (χ3n) is 8.34. The van der Waals surface area contributed by atoms with Crippen molar-refractivity contribution in [3.05, 3.63) is 107 Å². The summed E-state index contributed by atoms with van der Waals surface area (Å²) in [6.07, 6.45) is 2.69. The van der Waals surface area contributed by atoms with Crippen LogP contribution in [0.4, 0.5) is 0 Å². The topological polar surface area (TPSA) is 56.4 Å².